The van der Waals surface area contributed by atoms with Gasteiger partial charge >= 0.3 is 17.1 Å². The molecule has 0 N–H and O–H groups in total. The van der Waals surface area contributed by atoms with Gasteiger partial charge in [0.1, 0.15) is 0 Å². The Labute approximate surface area is 250 Å². The van der Waals surface area contributed by atoms with Gasteiger partial charge in [0.05, 0.1) is 0 Å². The van der Waals surface area contributed by atoms with Crippen LogP contribution in [0.25, 0.3) is 0 Å². The van der Waals surface area contributed by atoms with Crippen LogP contribution >= 0.6 is 15.8 Å². The van der Waals surface area contributed by atoms with Gasteiger partial charge in [0.15, 0.2) is 0 Å². The average Bonchev–Trinajstić information content (AvgIpc) is 3.74. The summed E-state index contributed by atoms with van der Waals surface area (Å²) in [6.45, 7) is 2.53. The van der Waals surface area contributed by atoms with Crippen LogP contribution in [0.1, 0.15) is 70.3 Å². The summed E-state index contributed by atoms with van der Waals surface area (Å²) in [6, 6.07) is 42.8. The van der Waals surface area contributed by atoms with E-state index in [-0.39, 0.29) is 25.0 Å². The van der Waals surface area contributed by atoms with Gasteiger partial charge in [0.2, 0.25) is 0 Å². The van der Waals surface area contributed by atoms with Crippen LogP contribution in [0.2, 0.25) is 0 Å². The molecule has 1 unspecified atom stereocenters. The molecule has 2 saturated carbocycles. The maximum atomic E-state index is 2.53. The van der Waals surface area contributed by atoms with Gasteiger partial charge in [-0.15, -0.1) is 0 Å². The zero-order valence-electron chi connectivity index (χ0n) is 23.4. The van der Waals surface area contributed by atoms with Gasteiger partial charge in [-0.05, 0) is 61.7 Å². The molecule has 4 aromatic rings. The largest absolute Gasteiger partial charge is 2.00 e. The van der Waals surface area contributed by atoms with Gasteiger partial charge in [-0.2, -0.15) is 35.9 Å². The Morgan fingerprint density at radius 3 is 1.82 bits per heavy atom. The summed E-state index contributed by atoms with van der Waals surface area (Å²) >= 11 is 0. The maximum Gasteiger partial charge on any atom is 2.00 e. The van der Waals surface area contributed by atoms with Gasteiger partial charge in [-0.25, -0.2) is 24.3 Å². The zero-order chi connectivity index (χ0) is 26.0. The summed E-state index contributed by atoms with van der Waals surface area (Å²) in [5.41, 5.74) is 3.38. The quantitative estimate of drug-likeness (QED) is 0.114. The Hall–Kier alpha value is -1.48. The molecule has 0 aliphatic heterocycles. The third-order valence-electron chi connectivity index (χ3n) is 8.80. The molecular formula is C36H44FeP2. The van der Waals surface area contributed by atoms with Crippen LogP contribution in [0, 0.1) is 0 Å². The second kappa shape index (κ2) is 15.5. The van der Waals surface area contributed by atoms with Crippen molar-refractivity contribution in [1.29, 1.82) is 0 Å². The first-order chi connectivity index (χ1) is 18.8. The minimum atomic E-state index is -0.405. The van der Waals surface area contributed by atoms with Crippen molar-refractivity contribution in [2.75, 3.05) is 6.16 Å². The Morgan fingerprint density at radius 2 is 1.31 bits per heavy atom. The summed E-state index contributed by atoms with van der Waals surface area (Å²) in [5.74, 6) is 0. The normalized spacial score (nSPS) is 22.4. The summed E-state index contributed by atoms with van der Waals surface area (Å²) in [7, 11) is -0.471. The topological polar surface area (TPSA) is 0 Å². The fourth-order valence-corrected chi connectivity index (χ4v) is 15.3. The van der Waals surface area contributed by atoms with Crippen molar-refractivity contribution in [3.63, 3.8) is 0 Å². The second-order valence-electron chi connectivity index (χ2n) is 10.9. The fourth-order valence-electron chi connectivity index (χ4n) is 7.25. The van der Waals surface area contributed by atoms with Crippen LogP contribution < -0.4 is 10.6 Å². The SMILES string of the molecule is CCP(C1CCCCC1)[C@]1(c2ccc[cH-]2)CCCC[C@H]1P(c1ccccc1)c1ccccc1.[Fe+2].c1cc[cH-]c1. The monoisotopic (exact) mass is 594 g/mol. The zero-order valence-corrected chi connectivity index (χ0v) is 26.3. The van der Waals surface area contributed by atoms with Gasteiger partial charge < -0.3 is 0 Å². The molecule has 0 bridgehead atoms. The molecule has 206 valence electrons. The predicted molar refractivity (Wildman–Crippen MR) is 171 cm³/mol. The van der Waals surface area contributed by atoms with E-state index in [0.29, 0.717) is 5.16 Å². The maximum absolute atomic E-state index is 2.53. The molecule has 0 spiro atoms. The van der Waals surface area contributed by atoms with Crippen LogP contribution in [-0.2, 0) is 22.2 Å². The number of benzene rings is 2. The van der Waals surface area contributed by atoms with Crippen molar-refractivity contribution in [3.05, 3.63) is 121 Å². The Kier molecular flexibility index (Phi) is 12.1. The minimum Gasteiger partial charge on any atom is -0.214 e. The molecule has 3 heteroatoms. The van der Waals surface area contributed by atoms with Gasteiger partial charge in [-0.1, -0.05) is 108 Å². The Morgan fingerprint density at radius 1 is 0.692 bits per heavy atom. The first-order valence-corrected chi connectivity index (χ1v) is 17.9. The molecule has 0 amide bonds. The van der Waals surface area contributed by atoms with E-state index in [2.05, 4.69) is 91.9 Å². The molecule has 6 rings (SSSR count). The van der Waals surface area contributed by atoms with Crippen molar-refractivity contribution in [2.45, 2.75) is 81.2 Å². The number of rotatable bonds is 7. The van der Waals surface area contributed by atoms with Gasteiger partial charge in [0.25, 0.3) is 0 Å². The van der Waals surface area contributed by atoms with E-state index in [1.807, 2.05) is 30.3 Å². The minimum absolute atomic E-state index is 0. The molecule has 0 saturated heterocycles. The van der Waals surface area contributed by atoms with Crippen LogP contribution in [0.5, 0.6) is 0 Å². The van der Waals surface area contributed by atoms with Crippen LogP contribution in [0.15, 0.2) is 115 Å². The van der Waals surface area contributed by atoms with Crippen LogP contribution in [-0.4, -0.2) is 17.5 Å². The van der Waals surface area contributed by atoms with Crippen molar-refractivity contribution in [1.82, 2.24) is 0 Å². The molecule has 0 aromatic heterocycles. The molecule has 3 atom stereocenters. The van der Waals surface area contributed by atoms with Gasteiger partial charge in [0, 0.05) is 5.16 Å². The van der Waals surface area contributed by atoms with E-state index in [9.17, 15) is 0 Å². The molecule has 0 radical (unpaired) electrons. The van der Waals surface area contributed by atoms with E-state index in [0.717, 1.165) is 11.3 Å². The first kappa shape index (κ1) is 30.5. The molecule has 2 aliphatic carbocycles. The van der Waals surface area contributed by atoms with E-state index in [4.69, 9.17) is 0 Å². The van der Waals surface area contributed by atoms with Crippen molar-refractivity contribution in [3.8, 4) is 0 Å². The molecule has 0 heterocycles. The van der Waals surface area contributed by atoms with Crippen molar-refractivity contribution >= 4 is 26.5 Å². The third kappa shape index (κ3) is 7.06. The molecule has 2 aliphatic rings. The van der Waals surface area contributed by atoms with Gasteiger partial charge in [-0.3, -0.25) is 0 Å². The van der Waals surface area contributed by atoms with Crippen molar-refractivity contribution < 1.29 is 17.1 Å². The molecular weight excluding hydrogens is 550 g/mol. The third-order valence-corrected chi connectivity index (χ3v) is 15.9. The summed E-state index contributed by atoms with van der Waals surface area (Å²) in [5, 5.41) is 3.53. The van der Waals surface area contributed by atoms with E-state index < -0.39 is 7.92 Å². The fraction of sp³-hybridized carbons (Fsp3) is 0.389. The van der Waals surface area contributed by atoms with E-state index in [1.165, 1.54) is 63.9 Å². The standard InChI is InChI=1S/C31H39P2.C5H5.Fe/c1-2-32(27-18-6-3-7-19-27)31(26-16-12-13-17-26)25-15-14-24-30(31)33(28-20-8-4-9-21-28)29-22-10-5-11-23-29;1-2-4-5-3-1;/h4-5,8-13,16-17,20-23,27,30H,2-3,6-7,14-15,18-19,24-25H2,1H3;1-5H;/q2*-1;+2/t30-,31+,32?;;/m1../s1. The summed E-state index contributed by atoms with van der Waals surface area (Å²) in [6.07, 6.45) is 14.3. The Bertz CT molecular complexity index is 1090. The Balaban J connectivity index is 0.000000530. The average molecular weight is 595 g/mol. The smallest absolute Gasteiger partial charge is 0.214 e. The van der Waals surface area contributed by atoms with Crippen LogP contribution in [0.4, 0.5) is 0 Å². The van der Waals surface area contributed by atoms with E-state index in [1.54, 1.807) is 16.2 Å². The number of hydrogen-bond acceptors (Lipinski definition) is 0. The molecule has 0 nitrogen and oxygen atoms in total. The molecule has 4 aromatic carbocycles. The second-order valence-corrected chi connectivity index (χ2v) is 16.4. The van der Waals surface area contributed by atoms with Crippen LogP contribution in [0.3, 0.4) is 0 Å². The molecule has 2 fully saturated rings. The van der Waals surface area contributed by atoms with Crippen molar-refractivity contribution in [2.24, 2.45) is 0 Å². The summed E-state index contributed by atoms with van der Waals surface area (Å²) in [4.78, 5) is 0. The summed E-state index contributed by atoms with van der Waals surface area (Å²) < 4.78 is 0. The predicted octanol–water partition coefficient (Wildman–Crippen LogP) is 9.91. The van der Waals surface area contributed by atoms with E-state index >= 15 is 0 Å². The molecule has 39 heavy (non-hydrogen) atoms. The first-order valence-electron chi connectivity index (χ1n) is 14.9. The number of hydrogen-bond donors (Lipinski definition) is 0.